The molecule has 164 valence electrons. The molecule has 0 saturated carbocycles. The summed E-state index contributed by atoms with van der Waals surface area (Å²) in [5.74, 6) is 1.74. The van der Waals surface area contributed by atoms with E-state index < -0.39 is 0 Å². The monoisotopic (exact) mass is 422 g/mol. The second kappa shape index (κ2) is 9.86. The first-order valence-corrected chi connectivity index (χ1v) is 11.1. The zero-order valence-corrected chi connectivity index (χ0v) is 18.1. The predicted molar refractivity (Wildman–Crippen MR) is 119 cm³/mol. The Morgan fingerprint density at radius 3 is 2.26 bits per heavy atom. The minimum absolute atomic E-state index is 0.0802. The van der Waals surface area contributed by atoms with Crippen LogP contribution in [-0.2, 0) is 11.2 Å². The lowest BCUT2D eigenvalue weighted by molar-refractivity contribution is -0.131. The first kappa shape index (κ1) is 21.2. The smallest absolute Gasteiger partial charge is 0.253 e. The van der Waals surface area contributed by atoms with E-state index >= 15 is 0 Å². The minimum atomic E-state index is 0.0802. The number of amides is 2. The average Bonchev–Trinajstić information content (AvgIpc) is 3.50. The summed E-state index contributed by atoms with van der Waals surface area (Å²) in [6, 6.07) is 15.1. The predicted octanol–water partition coefficient (Wildman–Crippen LogP) is 3.54. The number of carbonyl (C=O) groups is 2. The van der Waals surface area contributed by atoms with Crippen molar-refractivity contribution in [1.82, 2.24) is 9.80 Å². The number of nitrogens with zero attached hydrogens (tertiary/aromatic N) is 2. The Bertz CT molecular complexity index is 889. The van der Waals surface area contributed by atoms with E-state index in [-0.39, 0.29) is 17.9 Å². The number of methoxy groups -OCH3 is 1. The summed E-state index contributed by atoms with van der Waals surface area (Å²) >= 11 is 0. The first-order valence-electron chi connectivity index (χ1n) is 11.1. The lowest BCUT2D eigenvalue weighted by Gasteiger charge is -2.25. The van der Waals surface area contributed by atoms with Crippen molar-refractivity contribution >= 4 is 11.8 Å². The Hall–Kier alpha value is -3.02. The summed E-state index contributed by atoms with van der Waals surface area (Å²) in [7, 11) is 1.63. The van der Waals surface area contributed by atoms with Crippen LogP contribution in [0.3, 0.4) is 0 Å². The van der Waals surface area contributed by atoms with Gasteiger partial charge in [-0.1, -0.05) is 12.1 Å². The zero-order chi connectivity index (χ0) is 21.6. The minimum Gasteiger partial charge on any atom is -0.497 e. The number of rotatable bonds is 7. The molecule has 2 aromatic carbocycles. The lowest BCUT2D eigenvalue weighted by atomic mass is 10.1. The maximum absolute atomic E-state index is 12.8. The van der Waals surface area contributed by atoms with Gasteiger partial charge in [0, 0.05) is 25.2 Å². The highest BCUT2D eigenvalue weighted by atomic mass is 16.5. The normalized spacial score (nSPS) is 18.3. The Balaban J connectivity index is 1.30. The van der Waals surface area contributed by atoms with E-state index in [0.717, 1.165) is 62.4 Å². The number of ether oxygens (including phenoxy) is 2. The Morgan fingerprint density at radius 1 is 0.903 bits per heavy atom. The summed E-state index contributed by atoms with van der Waals surface area (Å²) in [4.78, 5) is 29.1. The van der Waals surface area contributed by atoms with Crippen LogP contribution in [0.4, 0.5) is 0 Å². The van der Waals surface area contributed by atoms with Crippen LogP contribution in [0.2, 0.25) is 0 Å². The van der Waals surface area contributed by atoms with Gasteiger partial charge in [-0.2, -0.15) is 0 Å². The van der Waals surface area contributed by atoms with Crippen LogP contribution in [0.5, 0.6) is 11.5 Å². The summed E-state index contributed by atoms with van der Waals surface area (Å²) in [5.41, 5.74) is 1.68. The van der Waals surface area contributed by atoms with E-state index in [9.17, 15) is 9.59 Å². The quantitative estimate of drug-likeness (QED) is 0.685. The highest BCUT2D eigenvalue weighted by Crippen LogP contribution is 2.22. The van der Waals surface area contributed by atoms with Crippen molar-refractivity contribution in [3.05, 3.63) is 59.7 Å². The van der Waals surface area contributed by atoms with Gasteiger partial charge >= 0.3 is 0 Å². The van der Waals surface area contributed by atoms with Gasteiger partial charge in [-0.3, -0.25) is 9.59 Å². The van der Waals surface area contributed by atoms with E-state index in [1.165, 1.54) is 0 Å². The third-order valence-corrected chi connectivity index (χ3v) is 6.15. The summed E-state index contributed by atoms with van der Waals surface area (Å²) in [6.45, 7) is 2.93. The van der Waals surface area contributed by atoms with Crippen molar-refractivity contribution in [2.24, 2.45) is 0 Å². The van der Waals surface area contributed by atoms with Gasteiger partial charge in [-0.25, -0.2) is 0 Å². The molecule has 2 aliphatic heterocycles. The van der Waals surface area contributed by atoms with Crippen LogP contribution < -0.4 is 9.47 Å². The highest BCUT2D eigenvalue weighted by molar-refractivity contribution is 5.94. The standard InChI is InChI=1S/C25H30N2O4/c1-30-22-10-6-19(7-11-22)17-24(28)27-16-4-5-21(27)18-31-23-12-8-20(9-13-23)25(29)26-14-2-3-15-26/h6-13,21H,2-5,14-18H2,1H3/t21-/m0/s1. The Morgan fingerprint density at radius 2 is 1.58 bits per heavy atom. The molecule has 0 unspecified atom stereocenters. The molecule has 2 aliphatic rings. The van der Waals surface area contributed by atoms with Crippen molar-refractivity contribution in [1.29, 1.82) is 0 Å². The third-order valence-electron chi connectivity index (χ3n) is 6.15. The molecule has 6 heteroatoms. The molecule has 2 amide bonds. The second-order valence-corrected chi connectivity index (χ2v) is 8.24. The fourth-order valence-electron chi connectivity index (χ4n) is 4.35. The number of hydrogen-bond acceptors (Lipinski definition) is 4. The largest absolute Gasteiger partial charge is 0.497 e. The molecule has 31 heavy (non-hydrogen) atoms. The molecule has 1 atom stereocenters. The van der Waals surface area contributed by atoms with Gasteiger partial charge in [0.15, 0.2) is 0 Å². The molecule has 0 radical (unpaired) electrons. The average molecular weight is 423 g/mol. The number of likely N-dealkylation sites (tertiary alicyclic amines) is 2. The third kappa shape index (κ3) is 5.19. The van der Waals surface area contributed by atoms with Crippen molar-refractivity contribution in [3.63, 3.8) is 0 Å². The van der Waals surface area contributed by atoms with E-state index in [1.807, 2.05) is 58.3 Å². The summed E-state index contributed by atoms with van der Waals surface area (Å²) in [5, 5.41) is 0. The molecule has 0 N–H and O–H groups in total. The van der Waals surface area contributed by atoms with E-state index in [4.69, 9.17) is 9.47 Å². The van der Waals surface area contributed by atoms with E-state index in [2.05, 4.69) is 0 Å². The SMILES string of the molecule is COc1ccc(CC(=O)N2CCC[C@H]2COc2ccc(C(=O)N3CCCC3)cc2)cc1. The van der Waals surface area contributed by atoms with E-state index in [1.54, 1.807) is 7.11 Å². The molecule has 4 rings (SSSR count). The summed E-state index contributed by atoms with van der Waals surface area (Å²) in [6.07, 6.45) is 4.49. The van der Waals surface area contributed by atoms with Crippen molar-refractivity contribution < 1.29 is 19.1 Å². The van der Waals surface area contributed by atoms with Crippen LogP contribution in [0.1, 0.15) is 41.6 Å². The molecule has 2 aromatic rings. The molecule has 2 saturated heterocycles. The lowest BCUT2D eigenvalue weighted by Crippen LogP contribution is -2.39. The van der Waals surface area contributed by atoms with Gasteiger partial charge < -0.3 is 19.3 Å². The van der Waals surface area contributed by atoms with Gasteiger partial charge in [0.2, 0.25) is 5.91 Å². The molecule has 0 bridgehead atoms. The Kier molecular flexibility index (Phi) is 6.75. The van der Waals surface area contributed by atoms with Gasteiger partial charge in [-0.05, 0) is 67.6 Å². The van der Waals surface area contributed by atoms with Crippen LogP contribution in [0.25, 0.3) is 0 Å². The van der Waals surface area contributed by atoms with Crippen LogP contribution >= 0.6 is 0 Å². The Labute approximate surface area is 183 Å². The van der Waals surface area contributed by atoms with Gasteiger partial charge in [0.25, 0.3) is 5.91 Å². The van der Waals surface area contributed by atoms with Gasteiger partial charge in [0.05, 0.1) is 19.6 Å². The number of hydrogen-bond donors (Lipinski definition) is 0. The van der Waals surface area contributed by atoms with Crippen LogP contribution in [0.15, 0.2) is 48.5 Å². The van der Waals surface area contributed by atoms with Gasteiger partial charge in [0.1, 0.15) is 18.1 Å². The first-order chi connectivity index (χ1) is 15.1. The zero-order valence-electron chi connectivity index (χ0n) is 18.1. The van der Waals surface area contributed by atoms with Crippen molar-refractivity contribution in [2.45, 2.75) is 38.1 Å². The molecule has 2 fully saturated rings. The molecule has 0 aromatic heterocycles. The number of benzene rings is 2. The number of carbonyl (C=O) groups excluding carboxylic acids is 2. The molecule has 0 spiro atoms. The fourth-order valence-corrected chi connectivity index (χ4v) is 4.35. The van der Waals surface area contributed by atoms with E-state index in [0.29, 0.717) is 18.6 Å². The van der Waals surface area contributed by atoms with Crippen molar-refractivity contribution in [2.75, 3.05) is 33.4 Å². The van der Waals surface area contributed by atoms with Crippen molar-refractivity contribution in [3.8, 4) is 11.5 Å². The molecule has 6 nitrogen and oxygen atoms in total. The topological polar surface area (TPSA) is 59.1 Å². The van der Waals surface area contributed by atoms with Crippen LogP contribution in [0, 0.1) is 0 Å². The summed E-state index contributed by atoms with van der Waals surface area (Å²) < 4.78 is 11.2. The maximum atomic E-state index is 12.8. The van der Waals surface area contributed by atoms with Gasteiger partial charge in [-0.15, -0.1) is 0 Å². The maximum Gasteiger partial charge on any atom is 0.253 e. The second-order valence-electron chi connectivity index (χ2n) is 8.24. The molecule has 0 aliphatic carbocycles. The fraction of sp³-hybridized carbons (Fsp3) is 0.440. The molecule has 2 heterocycles. The van der Waals surface area contributed by atoms with Crippen LogP contribution in [-0.4, -0.2) is 61.0 Å². The highest BCUT2D eigenvalue weighted by Gasteiger charge is 2.29. The molecular weight excluding hydrogens is 392 g/mol. The molecular formula is C25H30N2O4.